The van der Waals surface area contributed by atoms with Gasteiger partial charge in [-0.25, -0.2) is 0 Å². The molecule has 1 saturated heterocycles. The minimum Gasteiger partial charge on any atom is -0.399 e. The Labute approximate surface area is 109 Å². The van der Waals surface area contributed by atoms with Gasteiger partial charge in [0, 0.05) is 24.8 Å². The molecule has 1 aliphatic rings. The first-order valence-corrected chi connectivity index (χ1v) is 6.24. The van der Waals surface area contributed by atoms with Crippen molar-refractivity contribution in [3.8, 4) is 0 Å². The van der Waals surface area contributed by atoms with Crippen molar-refractivity contribution < 1.29 is 14.4 Å². The third-order valence-corrected chi connectivity index (χ3v) is 3.44. The summed E-state index contributed by atoms with van der Waals surface area (Å²) in [6.45, 7) is 8.73. The molecule has 18 heavy (non-hydrogen) atoms. The molecule has 0 atom stereocenters. The van der Waals surface area contributed by atoms with E-state index in [-0.39, 0.29) is 6.61 Å². The van der Waals surface area contributed by atoms with Gasteiger partial charge in [0.05, 0.1) is 11.2 Å². The summed E-state index contributed by atoms with van der Waals surface area (Å²) < 4.78 is 11.7. The molecule has 102 valence electrons. The van der Waals surface area contributed by atoms with Crippen LogP contribution in [0.4, 0.5) is 0 Å². The van der Waals surface area contributed by atoms with Gasteiger partial charge in [-0.3, -0.25) is 0 Å². The van der Waals surface area contributed by atoms with E-state index in [0.29, 0.717) is 18.4 Å². The van der Waals surface area contributed by atoms with Crippen LogP contribution in [0.15, 0.2) is 11.7 Å². The van der Waals surface area contributed by atoms with Crippen LogP contribution in [-0.4, -0.2) is 42.8 Å². The van der Waals surface area contributed by atoms with Crippen molar-refractivity contribution in [2.24, 2.45) is 0 Å². The molecule has 1 rings (SSSR count). The largest absolute Gasteiger partial charge is 0.497 e. The van der Waals surface area contributed by atoms with Crippen LogP contribution in [0.2, 0.25) is 0 Å². The van der Waals surface area contributed by atoms with Gasteiger partial charge in [-0.05, 0) is 40.3 Å². The summed E-state index contributed by atoms with van der Waals surface area (Å²) in [6.07, 6.45) is 3.62. The minimum atomic E-state index is -0.519. The molecule has 0 saturated carbocycles. The molecule has 0 spiro atoms. The maximum absolute atomic E-state index is 8.68. The first kappa shape index (κ1) is 15.2. The molecule has 6 heteroatoms. The average molecular weight is 254 g/mol. The van der Waals surface area contributed by atoms with Crippen molar-refractivity contribution in [1.29, 1.82) is 5.41 Å². The smallest absolute Gasteiger partial charge is 0.399 e. The fourth-order valence-electron chi connectivity index (χ4n) is 1.53. The second-order valence-electron chi connectivity index (χ2n) is 5.41. The van der Waals surface area contributed by atoms with Crippen LogP contribution in [0.25, 0.3) is 0 Å². The molecule has 3 N–H and O–H groups in total. The van der Waals surface area contributed by atoms with Crippen LogP contribution >= 0.6 is 0 Å². The highest BCUT2D eigenvalue weighted by Gasteiger charge is 2.52. The molecule has 0 bridgehead atoms. The number of rotatable bonds is 6. The number of allylic oxidation sites excluding steroid dienone is 1. The summed E-state index contributed by atoms with van der Waals surface area (Å²) in [5, 5.41) is 19.1. The first-order valence-electron chi connectivity index (χ1n) is 6.24. The number of hydrogen-bond acceptors (Lipinski definition) is 5. The van der Waals surface area contributed by atoms with Crippen LogP contribution in [0.1, 0.15) is 34.1 Å². The number of nitrogens with one attached hydrogen (secondary N) is 2. The Bertz CT molecular complexity index is 313. The highest BCUT2D eigenvalue weighted by atomic mass is 16.7. The standard InChI is InChI=1S/C12H23BN2O3/c1-11(2)12(3,4)18-13(17-11)10(8-14)9-15-6-5-7-16/h8-9,14-16H,5-7H2,1-4H3/b10-9+,14-8?. The molecule has 0 aliphatic carbocycles. The molecule has 1 aliphatic heterocycles. The topological polar surface area (TPSA) is 74.6 Å². The summed E-state index contributed by atoms with van der Waals surface area (Å²) in [5.74, 6) is 0. The van der Waals surface area contributed by atoms with Crippen LogP contribution < -0.4 is 5.32 Å². The molecular formula is C12H23BN2O3. The zero-order chi connectivity index (χ0) is 13.8. The molecule has 0 radical (unpaired) electrons. The maximum atomic E-state index is 8.68. The molecule has 1 heterocycles. The molecule has 0 aromatic rings. The fourth-order valence-corrected chi connectivity index (χ4v) is 1.53. The lowest BCUT2D eigenvalue weighted by Crippen LogP contribution is -2.41. The third-order valence-electron chi connectivity index (χ3n) is 3.44. The lowest BCUT2D eigenvalue weighted by molar-refractivity contribution is 0.00578. The predicted octanol–water partition coefficient (Wildman–Crippen LogP) is 1.12. The number of aliphatic hydroxyl groups excluding tert-OH is 1. The summed E-state index contributed by atoms with van der Waals surface area (Å²) in [4.78, 5) is 0. The van der Waals surface area contributed by atoms with Crippen molar-refractivity contribution >= 4 is 13.3 Å². The Morgan fingerprint density at radius 3 is 2.28 bits per heavy atom. The summed E-state index contributed by atoms with van der Waals surface area (Å²) in [7, 11) is -0.519. The Balaban J connectivity index is 2.66. The Kier molecular flexibility index (Phi) is 4.96. The zero-order valence-corrected chi connectivity index (χ0v) is 11.6. The summed E-state index contributed by atoms with van der Waals surface area (Å²) >= 11 is 0. The number of aliphatic hydroxyl groups is 1. The molecule has 1 fully saturated rings. The summed E-state index contributed by atoms with van der Waals surface area (Å²) in [5.41, 5.74) is -0.151. The highest BCUT2D eigenvalue weighted by Crippen LogP contribution is 2.38. The minimum absolute atomic E-state index is 0.150. The fraction of sp³-hybridized carbons (Fsp3) is 0.750. The lowest BCUT2D eigenvalue weighted by Gasteiger charge is -2.32. The van der Waals surface area contributed by atoms with E-state index in [0.717, 1.165) is 0 Å². The Hall–Kier alpha value is -0.845. The van der Waals surface area contributed by atoms with E-state index in [2.05, 4.69) is 5.32 Å². The van der Waals surface area contributed by atoms with E-state index in [1.807, 2.05) is 27.7 Å². The van der Waals surface area contributed by atoms with Crippen LogP contribution in [0, 0.1) is 5.41 Å². The SMILES string of the molecule is CC1(C)OB(/C(C=N)=C/NCCCO)OC1(C)C. The van der Waals surface area contributed by atoms with E-state index >= 15 is 0 Å². The zero-order valence-electron chi connectivity index (χ0n) is 11.6. The van der Waals surface area contributed by atoms with Crippen molar-refractivity contribution in [2.45, 2.75) is 45.3 Å². The summed E-state index contributed by atoms with van der Waals surface area (Å²) in [6, 6.07) is 0. The molecule has 0 aromatic heterocycles. The van der Waals surface area contributed by atoms with Crippen molar-refractivity contribution in [2.75, 3.05) is 13.2 Å². The van der Waals surface area contributed by atoms with Gasteiger partial charge in [0.15, 0.2) is 0 Å². The van der Waals surface area contributed by atoms with Crippen LogP contribution in [-0.2, 0) is 9.31 Å². The van der Waals surface area contributed by atoms with E-state index < -0.39 is 18.3 Å². The Morgan fingerprint density at radius 1 is 1.28 bits per heavy atom. The molecule has 0 amide bonds. The molecular weight excluding hydrogens is 231 g/mol. The Morgan fingerprint density at radius 2 is 1.83 bits per heavy atom. The van der Waals surface area contributed by atoms with Gasteiger partial charge in [-0.1, -0.05) is 0 Å². The third kappa shape index (κ3) is 3.34. The average Bonchev–Trinajstić information content (AvgIpc) is 2.48. The van der Waals surface area contributed by atoms with Crippen molar-refractivity contribution in [1.82, 2.24) is 5.32 Å². The van der Waals surface area contributed by atoms with E-state index in [9.17, 15) is 0 Å². The monoisotopic (exact) mass is 254 g/mol. The maximum Gasteiger partial charge on any atom is 0.497 e. The van der Waals surface area contributed by atoms with Gasteiger partial charge in [-0.15, -0.1) is 0 Å². The van der Waals surface area contributed by atoms with Gasteiger partial charge in [0.1, 0.15) is 0 Å². The van der Waals surface area contributed by atoms with Crippen molar-refractivity contribution in [3.05, 3.63) is 11.7 Å². The van der Waals surface area contributed by atoms with Gasteiger partial charge in [0.2, 0.25) is 0 Å². The van der Waals surface area contributed by atoms with Crippen LogP contribution in [0.3, 0.4) is 0 Å². The van der Waals surface area contributed by atoms with Gasteiger partial charge < -0.3 is 25.1 Å². The van der Waals surface area contributed by atoms with E-state index in [4.69, 9.17) is 19.8 Å². The predicted molar refractivity (Wildman–Crippen MR) is 72.7 cm³/mol. The normalized spacial score (nSPS) is 22.1. The highest BCUT2D eigenvalue weighted by molar-refractivity contribution is 6.60. The van der Waals surface area contributed by atoms with Crippen molar-refractivity contribution in [3.63, 3.8) is 0 Å². The first-order chi connectivity index (χ1) is 8.34. The van der Waals surface area contributed by atoms with Crippen LogP contribution in [0.5, 0.6) is 0 Å². The molecule has 0 unspecified atom stereocenters. The van der Waals surface area contributed by atoms with E-state index in [1.165, 1.54) is 6.21 Å². The van der Waals surface area contributed by atoms with Gasteiger partial charge in [-0.2, -0.15) is 0 Å². The number of hydrogen-bond donors (Lipinski definition) is 3. The molecule has 5 nitrogen and oxygen atoms in total. The van der Waals surface area contributed by atoms with E-state index in [1.54, 1.807) is 6.20 Å². The second-order valence-corrected chi connectivity index (χ2v) is 5.41. The lowest BCUT2D eigenvalue weighted by atomic mass is 9.79. The second kappa shape index (κ2) is 5.86. The van der Waals surface area contributed by atoms with Gasteiger partial charge in [0.25, 0.3) is 0 Å². The molecule has 0 aromatic carbocycles. The van der Waals surface area contributed by atoms with Gasteiger partial charge >= 0.3 is 7.12 Å². The quantitative estimate of drug-likeness (QED) is 0.377.